The summed E-state index contributed by atoms with van der Waals surface area (Å²) in [5.41, 5.74) is 5.42. The van der Waals surface area contributed by atoms with Gasteiger partial charge in [-0.05, 0) is 6.42 Å². The Labute approximate surface area is 111 Å². The number of nitrogens with zero attached hydrogens (tertiary/aromatic N) is 2. The van der Waals surface area contributed by atoms with Crippen LogP contribution in [0.1, 0.15) is 13.3 Å². The maximum Gasteiger partial charge on any atom is 0.401 e. The molecular weight excluding hydrogens is 283 g/mol. The van der Waals surface area contributed by atoms with E-state index in [0.29, 0.717) is 6.42 Å². The molecule has 0 aliphatic carbocycles. The normalized spacial score (nSPS) is 21.5. The molecule has 1 saturated heterocycles. The van der Waals surface area contributed by atoms with Gasteiger partial charge < -0.3 is 5.73 Å². The van der Waals surface area contributed by atoms with E-state index in [0.717, 1.165) is 0 Å². The van der Waals surface area contributed by atoms with Crippen LogP contribution in [0.25, 0.3) is 0 Å². The highest BCUT2D eigenvalue weighted by molar-refractivity contribution is 7.89. The largest absolute Gasteiger partial charge is 0.401 e. The molecule has 0 bridgehead atoms. The minimum absolute atomic E-state index is 0.0294. The molecule has 1 rings (SSSR count). The van der Waals surface area contributed by atoms with E-state index in [1.165, 1.54) is 9.21 Å². The van der Waals surface area contributed by atoms with Gasteiger partial charge in [-0.3, -0.25) is 4.90 Å². The standard InChI is InChI=1S/C10H20F3N3O2S/c1-2-9(7-14)19(17,18)16-5-3-15(4-6-16)8-10(11,12)13/h9H,2-8,14H2,1H3. The van der Waals surface area contributed by atoms with Gasteiger partial charge in [-0.25, -0.2) is 8.42 Å². The molecule has 9 heteroatoms. The maximum absolute atomic E-state index is 12.2. The van der Waals surface area contributed by atoms with Crippen molar-refractivity contribution in [2.75, 3.05) is 39.3 Å². The molecule has 114 valence electrons. The van der Waals surface area contributed by atoms with E-state index in [4.69, 9.17) is 5.73 Å². The quantitative estimate of drug-likeness (QED) is 0.790. The zero-order chi connectivity index (χ0) is 14.7. The number of hydrogen-bond acceptors (Lipinski definition) is 4. The maximum atomic E-state index is 12.2. The lowest BCUT2D eigenvalue weighted by atomic mass is 10.3. The van der Waals surface area contributed by atoms with E-state index >= 15 is 0 Å². The fraction of sp³-hybridized carbons (Fsp3) is 1.00. The second-order valence-electron chi connectivity index (χ2n) is 4.60. The highest BCUT2D eigenvalue weighted by atomic mass is 32.2. The minimum atomic E-state index is -4.25. The molecule has 1 aliphatic heterocycles. The molecule has 2 N–H and O–H groups in total. The van der Waals surface area contributed by atoms with Crippen LogP contribution in [0.15, 0.2) is 0 Å². The average molecular weight is 303 g/mol. The van der Waals surface area contributed by atoms with Crippen LogP contribution in [0.3, 0.4) is 0 Å². The number of hydrogen-bond donors (Lipinski definition) is 1. The van der Waals surface area contributed by atoms with Crippen molar-refractivity contribution in [2.45, 2.75) is 24.8 Å². The van der Waals surface area contributed by atoms with E-state index in [-0.39, 0.29) is 32.7 Å². The van der Waals surface area contributed by atoms with Gasteiger partial charge in [0.05, 0.1) is 11.8 Å². The Kier molecular flexibility index (Phi) is 5.60. The van der Waals surface area contributed by atoms with E-state index in [9.17, 15) is 21.6 Å². The summed E-state index contributed by atoms with van der Waals surface area (Å²) >= 11 is 0. The molecule has 0 amide bonds. The highest BCUT2D eigenvalue weighted by Crippen LogP contribution is 2.19. The minimum Gasteiger partial charge on any atom is -0.329 e. The van der Waals surface area contributed by atoms with Crippen molar-refractivity contribution in [3.63, 3.8) is 0 Å². The van der Waals surface area contributed by atoms with Crippen LogP contribution in [0.5, 0.6) is 0 Å². The Hall–Kier alpha value is -0.380. The molecular formula is C10H20F3N3O2S. The summed E-state index contributed by atoms with van der Waals surface area (Å²) in [6, 6.07) is 0. The summed E-state index contributed by atoms with van der Waals surface area (Å²) in [5, 5.41) is -0.651. The van der Waals surface area contributed by atoms with Gasteiger partial charge >= 0.3 is 6.18 Å². The molecule has 0 aromatic heterocycles. The molecule has 1 atom stereocenters. The third kappa shape index (κ3) is 4.59. The van der Waals surface area contributed by atoms with Crippen molar-refractivity contribution in [1.29, 1.82) is 0 Å². The van der Waals surface area contributed by atoms with Crippen LogP contribution in [0, 0.1) is 0 Å². The fourth-order valence-corrected chi connectivity index (χ4v) is 3.86. The molecule has 0 saturated carbocycles. The van der Waals surface area contributed by atoms with E-state index < -0.39 is 28.0 Å². The van der Waals surface area contributed by atoms with Crippen molar-refractivity contribution < 1.29 is 21.6 Å². The number of nitrogens with two attached hydrogens (primary N) is 1. The molecule has 1 fully saturated rings. The monoisotopic (exact) mass is 303 g/mol. The van der Waals surface area contributed by atoms with Crippen LogP contribution in [0.4, 0.5) is 13.2 Å². The predicted octanol–water partition coefficient (Wildman–Crippen LogP) is 0.233. The van der Waals surface area contributed by atoms with Crippen molar-refractivity contribution >= 4 is 10.0 Å². The van der Waals surface area contributed by atoms with Crippen LogP contribution in [-0.4, -0.2) is 68.3 Å². The first kappa shape index (κ1) is 16.7. The van der Waals surface area contributed by atoms with Crippen LogP contribution in [-0.2, 0) is 10.0 Å². The molecule has 0 spiro atoms. The summed E-state index contributed by atoms with van der Waals surface area (Å²) < 4.78 is 62.2. The first-order chi connectivity index (χ1) is 8.70. The van der Waals surface area contributed by atoms with Gasteiger partial charge in [0.25, 0.3) is 0 Å². The summed E-state index contributed by atoms with van der Waals surface area (Å²) in [6.07, 6.45) is -3.84. The molecule has 1 heterocycles. The Morgan fingerprint density at radius 2 is 1.74 bits per heavy atom. The van der Waals surface area contributed by atoms with Gasteiger partial charge in [0.1, 0.15) is 0 Å². The summed E-state index contributed by atoms with van der Waals surface area (Å²) in [5.74, 6) is 0. The van der Waals surface area contributed by atoms with Gasteiger partial charge in [0, 0.05) is 32.7 Å². The first-order valence-electron chi connectivity index (χ1n) is 6.19. The lowest BCUT2D eigenvalue weighted by Gasteiger charge is -2.35. The van der Waals surface area contributed by atoms with Gasteiger partial charge in [-0.2, -0.15) is 17.5 Å². The zero-order valence-corrected chi connectivity index (χ0v) is 11.7. The SMILES string of the molecule is CCC(CN)S(=O)(=O)N1CCN(CC(F)(F)F)CC1. The molecule has 0 aromatic rings. The molecule has 0 aromatic carbocycles. The second-order valence-corrected chi connectivity index (χ2v) is 6.81. The van der Waals surface area contributed by atoms with Crippen LogP contribution in [0.2, 0.25) is 0 Å². The molecule has 0 radical (unpaired) electrons. The third-order valence-corrected chi connectivity index (χ3v) is 5.69. The van der Waals surface area contributed by atoms with Gasteiger partial charge in [-0.15, -0.1) is 0 Å². The van der Waals surface area contributed by atoms with Gasteiger partial charge in [0.15, 0.2) is 0 Å². The smallest absolute Gasteiger partial charge is 0.329 e. The number of sulfonamides is 1. The van der Waals surface area contributed by atoms with E-state index in [1.807, 2.05) is 0 Å². The van der Waals surface area contributed by atoms with Crippen molar-refractivity contribution in [3.8, 4) is 0 Å². The van der Waals surface area contributed by atoms with Gasteiger partial charge in [-0.1, -0.05) is 6.92 Å². The average Bonchev–Trinajstić information content (AvgIpc) is 2.28. The number of halogens is 3. The Bertz CT molecular complexity index is 374. The van der Waals surface area contributed by atoms with Crippen LogP contribution >= 0.6 is 0 Å². The van der Waals surface area contributed by atoms with Crippen LogP contribution < -0.4 is 5.73 Å². The fourth-order valence-electron chi connectivity index (χ4n) is 2.11. The molecule has 1 aliphatic rings. The first-order valence-corrected chi connectivity index (χ1v) is 7.69. The topological polar surface area (TPSA) is 66.6 Å². The lowest BCUT2D eigenvalue weighted by Crippen LogP contribution is -2.53. The van der Waals surface area contributed by atoms with Gasteiger partial charge in [0.2, 0.25) is 10.0 Å². The Morgan fingerprint density at radius 1 is 1.21 bits per heavy atom. The number of rotatable bonds is 5. The van der Waals surface area contributed by atoms with E-state index in [1.54, 1.807) is 6.92 Å². The summed E-state index contributed by atoms with van der Waals surface area (Å²) in [4.78, 5) is 1.22. The predicted molar refractivity (Wildman–Crippen MR) is 66.1 cm³/mol. The summed E-state index contributed by atoms with van der Waals surface area (Å²) in [6.45, 7) is 1.15. The molecule has 19 heavy (non-hydrogen) atoms. The number of alkyl halides is 3. The summed E-state index contributed by atoms with van der Waals surface area (Å²) in [7, 11) is -3.49. The highest BCUT2D eigenvalue weighted by Gasteiger charge is 2.36. The third-order valence-electron chi connectivity index (χ3n) is 3.23. The Balaban J connectivity index is 2.58. The van der Waals surface area contributed by atoms with Crippen molar-refractivity contribution in [3.05, 3.63) is 0 Å². The zero-order valence-electron chi connectivity index (χ0n) is 10.9. The number of piperazine rings is 1. The van der Waals surface area contributed by atoms with E-state index in [2.05, 4.69) is 0 Å². The molecule has 1 unspecified atom stereocenters. The van der Waals surface area contributed by atoms with Crippen molar-refractivity contribution in [1.82, 2.24) is 9.21 Å². The Morgan fingerprint density at radius 3 is 2.11 bits per heavy atom. The van der Waals surface area contributed by atoms with Crippen molar-refractivity contribution in [2.24, 2.45) is 5.73 Å². The molecule has 5 nitrogen and oxygen atoms in total. The second kappa shape index (κ2) is 6.38. The lowest BCUT2D eigenvalue weighted by molar-refractivity contribution is -0.148.